The van der Waals surface area contributed by atoms with Crippen molar-refractivity contribution in [2.24, 2.45) is 5.10 Å². The standard InChI is InChI=1S/C14H11N3O2S/c1-9(18)17-15-8-10-6-7-12(19-10)14-16-11-4-2-3-5-13(11)20-14/h2-8H,1H3,(H,17,18)/b15-8-. The first-order valence-corrected chi connectivity index (χ1v) is 6.79. The molecule has 2 aromatic heterocycles. The molecule has 1 amide bonds. The Hall–Kier alpha value is -2.47. The number of amides is 1. The van der Waals surface area contributed by atoms with E-state index in [-0.39, 0.29) is 5.91 Å². The van der Waals surface area contributed by atoms with E-state index in [1.165, 1.54) is 13.1 Å². The average molecular weight is 285 g/mol. The van der Waals surface area contributed by atoms with Crippen molar-refractivity contribution in [1.82, 2.24) is 10.4 Å². The van der Waals surface area contributed by atoms with Gasteiger partial charge in [0.1, 0.15) is 5.76 Å². The molecule has 0 unspecified atom stereocenters. The zero-order valence-electron chi connectivity index (χ0n) is 10.7. The monoisotopic (exact) mass is 285 g/mol. The van der Waals surface area contributed by atoms with E-state index in [0.717, 1.165) is 15.2 Å². The minimum Gasteiger partial charge on any atom is -0.453 e. The molecule has 20 heavy (non-hydrogen) atoms. The van der Waals surface area contributed by atoms with E-state index in [9.17, 15) is 4.79 Å². The molecular weight excluding hydrogens is 274 g/mol. The van der Waals surface area contributed by atoms with Crippen LogP contribution < -0.4 is 5.43 Å². The van der Waals surface area contributed by atoms with Crippen molar-refractivity contribution < 1.29 is 9.21 Å². The van der Waals surface area contributed by atoms with Crippen LogP contribution in [0, 0.1) is 0 Å². The van der Waals surface area contributed by atoms with E-state index < -0.39 is 0 Å². The number of hydrogen-bond acceptors (Lipinski definition) is 5. The lowest BCUT2D eigenvalue weighted by atomic mass is 10.3. The van der Waals surface area contributed by atoms with E-state index >= 15 is 0 Å². The number of hydrazone groups is 1. The quantitative estimate of drug-likeness (QED) is 0.594. The summed E-state index contributed by atoms with van der Waals surface area (Å²) < 4.78 is 6.75. The van der Waals surface area contributed by atoms with Gasteiger partial charge < -0.3 is 4.42 Å². The summed E-state index contributed by atoms with van der Waals surface area (Å²) in [7, 11) is 0. The number of carbonyl (C=O) groups is 1. The zero-order valence-corrected chi connectivity index (χ0v) is 11.5. The van der Waals surface area contributed by atoms with E-state index in [1.54, 1.807) is 17.4 Å². The summed E-state index contributed by atoms with van der Waals surface area (Å²) in [6.45, 7) is 1.39. The van der Waals surface area contributed by atoms with Crippen LogP contribution in [0.3, 0.4) is 0 Å². The number of rotatable bonds is 3. The third-order valence-electron chi connectivity index (χ3n) is 2.55. The van der Waals surface area contributed by atoms with Crippen molar-refractivity contribution in [3.05, 3.63) is 42.2 Å². The maximum Gasteiger partial charge on any atom is 0.236 e. The molecule has 1 N–H and O–H groups in total. The van der Waals surface area contributed by atoms with Crippen LogP contribution in [0.25, 0.3) is 21.0 Å². The summed E-state index contributed by atoms with van der Waals surface area (Å²) in [6.07, 6.45) is 1.46. The van der Waals surface area contributed by atoms with E-state index in [4.69, 9.17) is 4.42 Å². The van der Waals surface area contributed by atoms with Crippen LogP contribution in [0.4, 0.5) is 0 Å². The summed E-state index contributed by atoms with van der Waals surface area (Å²) in [5.74, 6) is 1.03. The highest BCUT2D eigenvalue weighted by atomic mass is 32.1. The van der Waals surface area contributed by atoms with Gasteiger partial charge in [-0.1, -0.05) is 12.1 Å². The highest BCUT2D eigenvalue weighted by molar-refractivity contribution is 7.21. The molecule has 0 bridgehead atoms. The van der Waals surface area contributed by atoms with Gasteiger partial charge in [-0.3, -0.25) is 4.79 Å². The van der Waals surface area contributed by atoms with Gasteiger partial charge in [0.15, 0.2) is 10.8 Å². The number of thiazole rings is 1. The Morgan fingerprint density at radius 3 is 3.00 bits per heavy atom. The molecule has 0 saturated carbocycles. The Bertz CT molecular complexity index is 755. The molecule has 6 heteroatoms. The number of carbonyl (C=O) groups excluding carboxylic acids is 1. The second kappa shape index (κ2) is 5.26. The minimum absolute atomic E-state index is 0.223. The van der Waals surface area contributed by atoms with E-state index in [1.807, 2.05) is 30.3 Å². The number of hydrogen-bond donors (Lipinski definition) is 1. The average Bonchev–Trinajstić information content (AvgIpc) is 3.03. The second-order valence-corrected chi connectivity index (χ2v) is 5.15. The molecule has 0 saturated heterocycles. The first-order valence-electron chi connectivity index (χ1n) is 5.98. The Kier molecular flexibility index (Phi) is 3.30. The molecule has 0 aliphatic rings. The normalized spacial score (nSPS) is 11.2. The van der Waals surface area contributed by atoms with Crippen molar-refractivity contribution in [2.45, 2.75) is 6.92 Å². The molecule has 100 valence electrons. The highest BCUT2D eigenvalue weighted by Crippen LogP contribution is 2.30. The highest BCUT2D eigenvalue weighted by Gasteiger charge is 2.09. The van der Waals surface area contributed by atoms with Gasteiger partial charge in [-0.2, -0.15) is 5.10 Å². The smallest absolute Gasteiger partial charge is 0.236 e. The second-order valence-electron chi connectivity index (χ2n) is 4.11. The van der Waals surface area contributed by atoms with E-state index in [0.29, 0.717) is 11.5 Å². The van der Waals surface area contributed by atoms with Gasteiger partial charge in [0, 0.05) is 6.92 Å². The van der Waals surface area contributed by atoms with Crippen molar-refractivity contribution in [1.29, 1.82) is 0 Å². The Balaban J connectivity index is 1.85. The van der Waals surface area contributed by atoms with Crippen molar-refractivity contribution in [3.63, 3.8) is 0 Å². The molecule has 3 rings (SSSR count). The van der Waals surface area contributed by atoms with Crippen molar-refractivity contribution in [2.75, 3.05) is 0 Å². The molecule has 1 aromatic carbocycles. The number of fused-ring (bicyclic) bond motifs is 1. The summed E-state index contributed by atoms with van der Waals surface area (Å²) in [5, 5.41) is 4.58. The molecule has 0 radical (unpaired) electrons. The largest absolute Gasteiger partial charge is 0.453 e. The third-order valence-corrected chi connectivity index (χ3v) is 3.60. The number of para-hydroxylation sites is 1. The molecule has 3 aromatic rings. The van der Waals surface area contributed by atoms with Gasteiger partial charge >= 0.3 is 0 Å². The van der Waals surface area contributed by atoms with Crippen LogP contribution in [0.15, 0.2) is 45.9 Å². The number of benzene rings is 1. The van der Waals surface area contributed by atoms with Crippen LogP contribution in [-0.4, -0.2) is 17.1 Å². The van der Waals surface area contributed by atoms with Gasteiger partial charge in [0.2, 0.25) is 5.91 Å². The lowest BCUT2D eigenvalue weighted by Gasteiger charge is -1.90. The van der Waals surface area contributed by atoms with Gasteiger partial charge in [-0.05, 0) is 24.3 Å². The molecule has 0 fully saturated rings. The van der Waals surface area contributed by atoms with E-state index in [2.05, 4.69) is 15.5 Å². The Labute approximate surface area is 118 Å². The molecular formula is C14H11N3O2S. The third kappa shape index (κ3) is 2.60. The molecule has 0 spiro atoms. The lowest BCUT2D eigenvalue weighted by Crippen LogP contribution is -2.12. The fourth-order valence-corrected chi connectivity index (χ4v) is 2.63. The van der Waals surface area contributed by atoms with Gasteiger partial charge in [0.25, 0.3) is 0 Å². The fourth-order valence-electron chi connectivity index (χ4n) is 1.70. The van der Waals surface area contributed by atoms with Gasteiger partial charge in [-0.25, -0.2) is 10.4 Å². The summed E-state index contributed by atoms with van der Waals surface area (Å²) >= 11 is 1.57. The summed E-state index contributed by atoms with van der Waals surface area (Å²) in [6, 6.07) is 11.6. The predicted molar refractivity (Wildman–Crippen MR) is 78.7 cm³/mol. The van der Waals surface area contributed by atoms with Gasteiger partial charge in [-0.15, -0.1) is 11.3 Å². The first kappa shape index (κ1) is 12.6. The molecule has 0 aliphatic heterocycles. The predicted octanol–water partition coefficient (Wildman–Crippen LogP) is 3.03. The van der Waals surface area contributed by atoms with Crippen LogP contribution in [0.2, 0.25) is 0 Å². The molecule has 5 nitrogen and oxygen atoms in total. The zero-order chi connectivity index (χ0) is 13.9. The van der Waals surface area contributed by atoms with Gasteiger partial charge in [0.05, 0.1) is 16.4 Å². The topological polar surface area (TPSA) is 67.5 Å². The molecule has 0 atom stereocenters. The number of nitrogens with zero attached hydrogens (tertiary/aromatic N) is 2. The Morgan fingerprint density at radius 1 is 1.35 bits per heavy atom. The first-order chi connectivity index (χ1) is 9.72. The Morgan fingerprint density at radius 2 is 2.20 bits per heavy atom. The van der Waals surface area contributed by atoms with Crippen molar-refractivity contribution >= 4 is 33.7 Å². The lowest BCUT2D eigenvalue weighted by molar-refractivity contribution is -0.118. The SMILES string of the molecule is CC(=O)N/N=C\c1ccc(-c2nc3ccccc3s2)o1. The maximum absolute atomic E-state index is 10.7. The van der Waals surface area contributed by atoms with Crippen LogP contribution in [0.5, 0.6) is 0 Å². The minimum atomic E-state index is -0.223. The van der Waals surface area contributed by atoms with Crippen LogP contribution in [-0.2, 0) is 4.79 Å². The summed E-state index contributed by atoms with van der Waals surface area (Å²) in [4.78, 5) is 15.2. The van der Waals surface area contributed by atoms with Crippen molar-refractivity contribution in [3.8, 4) is 10.8 Å². The van der Waals surface area contributed by atoms with Crippen LogP contribution in [0.1, 0.15) is 12.7 Å². The number of nitrogens with one attached hydrogen (secondary N) is 1. The number of furan rings is 1. The maximum atomic E-state index is 10.7. The molecule has 0 aliphatic carbocycles. The summed E-state index contributed by atoms with van der Waals surface area (Å²) in [5.41, 5.74) is 3.28. The number of aromatic nitrogens is 1. The van der Waals surface area contributed by atoms with Crippen LogP contribution >= 0.6 is 11.3 Å². The molecule has 2 heterocycles. The fraction of sp³-hybridized carbons (Fsp3) is 0.0714.